The van der Waals surface area contributed by atoms with E-state index in [1.54, 1.807) is 0 Å². The second kappa shape index (κ2) is 13.2. The first kappa shape index (κ1) is 31.3. The van der Waals surface area contributed by atoms with Crippen LogP contribution in [-0.4, -0.2) is 4.57 Å². The molecular formula is C50H38N2. The summed E-state index contributed by atoms with van der Waals surface area (Å²) in [5, 5.41) is 2.51. The summed E-state index contributed by atoms with van der Waals surface area (Å²) >= 11 is 0. The van der Waals surface area contributed by atoms with Gasteiger partial charge in [-0.05, 0) is 120 Å². The van der Waals surface area contributed by atoms with E-state index in [0.717, 1.165) is 17.1 Å². The highest BCUT2D eigenvalue weighted by Crippen LogP contribution is 2.41. The number of rotatable bonds is 7. The van der Waals surface area contributed by atoms with Crippen LogP contribution in [0.1, 0.15) is 11.1 Å². The van der Waals surface area contributed by atoms with Gasteiger partial charge < -0.3 is 9.47 Å². The van der Waals surface area contributed by atoms with Crippen LogP contribution in [0.4, 0.5) is 17.1 Å². The Kier molecular flexibility index (Phi) is 7.98. The topological polar surface area (TPSA) is 8.17 Å². The van der Waals surface area contributed by atoms with E-state index in [9.17, 15) is 0 Å². The molecule has 1 heterocycles. The van der Waals surface area contributed by atoms with Crippen molar-refractivity contribution in [3.8, 4) is 39.1 Å². The molecule has 9 aromatic rings. The lowest BCUT2D eigenvalue weighted by Crippen LogP contribution is -2.09. The molecule has 9 rings (SSSR count). The molecule has 0 N–H and O–H groups in total. The number of aryl methyl sites for hydroxylation is 2. The van der Waals surface area contributed by atoms with Crippen molar-refractivity contribution < 1.29 is 0 Å². The molecule has 0 atom stereocenters. The maximum absolute atomic E-state index is 2.45. The maximum Gasteiger partial charge on any atom is 0.0543 e. The van der Waals surface area contributed by atoms with Gasteiger partial charge in [0.25, 0.3) is 0 Å². The van der Waals surface area contributed by atoms with E-state index in [1.165, 1.54) is 72.0 Å². The van der Waals surface area contributed by atoms with Crippen LogP contribution < -0.4 is 4.90 Å². The summed E-state index contributed by atoms with van der Waals surface area (Å²) in [6, 6.07) is 70.1. The number of para-hydroxylation sites is 3. The zero-order valence-corrected chi connectivity index (χ0v) is 29.4. The summed E-state index contributed by atoms with van der Waals surface area (Å²) in [6.45, 7) is 4.43. The first-order valence-electron chi connectivity index (χ1n) is 17.9. The molecule has 0 amide bonds. The summed E-state index contributed by atoms with van der Waals surface area (Å²) in [5.74, 6) is 0. The van der Waals surface area contributed by atoms with E-state index in [2.05, 4.69) is 217 Å². The van der Waals surface area contributed by atoms with Gasteiger partial charge in [0.05, 0.1) is 16.7 Å². The molecule has 0 aliphatic carbocycles. The van der Waals surface area contributed by atoms with Crippen molar-refractivity contribution in [1.29, 1.82) is 0 Å². The normalized spacial score (nSPS) is 11.3. The van der Waals surface area contributed by atoms with E-state index < -0.39 is 0 Å². The SMILES string of the molecule is Cc1ccccc1-c1c(C)cccc1-n1c2ccccc2c2cc(-c3cccc(-c4ccc(N(c5ccccc5)c5ccccc5)cc4)c3)ccc21. The Morgan fingerprint density at radius 3 is 1.63 bits per heavy atom. The Morgan fingerprint density at radius 2 is 0.904 bits per heavy atom. The molecular weight excluding hydrogens is 629 g/mol. The number of fused-ring (bicyclic) bond motifs is 3. The molecule has 0 saturated heterocycles. The molecule has 0 aliphatic rings. The fourth-order valence-electron chi connectivity index (χ4n) is 7.74. The Bertz CT molecular complexity index is 2650. The van der Waals surface area contributed by atoms with Crippen LogP contribution >= 0.6 is 0 Å². The third-order valence-corrected chi connectivity index (χ3v) is 10.3. The number of nitrogens with zero attached hydrogens (tertiary/aromatic N) is 2. The van der Waals surface area contributed by atoms with Gasteiger partial charge in [0.15, 0.2) is 0 Å². The lowest BCUT2D eigenvalue weighted by molar-refractivity contribution is 1.17. The minimum Gasteiger partial charge on any atom is -0.311 e. The molecule has 52 heavy (non-hydrogen) atoms. The fourth-order valence-corrected chi connectivity index (χ4v) is 7.74. The van der Waals surface area contributed by atoms with E-state index in [-0.39, 0.29) is 0 Å². The molecule has 0 spiro atoms. The Morgan fingerprint density at radius 1 is 0.365 bits per heavy atom. The average molecular weight is 667 g/mol. The van der Waals surface area contributed by atoms with E-state index in [4.69, 9.17) is 0 Å². The van der Waals surface area contributed by atoms with Crippen LogP contribution in [0.15, 0.2) is 194 Å². The van der Waals surface area contributed by atoms with Gasteiger partial charge in [-0.2, -0.15) is 0 Å². The molecule has 1 aromatic heterocycles. The molecule has 248 valence electrons. The monoisotopic (exact) mass is 666 g/mol. The molecule has 0 radical (unpaired) electrons. The van der Waals surface area contributed by atoms with Crippen molar-refractivity contribution in [3.05, 3.63) is 205 Å². The van der Waals surface area contributed by atoms with Gasteiger partial charge >= 0.3 is 0 Å². The van der Waals surface area contributed by atoms with Gasteiger partial charge in [0.2, 0.25) is 0 Å². The first-order chi connectivity index (χ1) is 25.6. The van der Waals surface area contributed by atoms with Gasteiger partial charge in [0.1, 0.15) is 0 Å². The smallest absolute Gasteiger partial charge is 0.0543 e. The number of hydrogen-bond donors (Lipinski definition) is 0. The van der Waals surface area contributed by atoms with Crippen molar-refractivity contribution in [2.45, 2.75) is 13.8 Å². The maximum atomic E-state index is 2.45. The molecule has 0 saturated carbocycles. The van der Waals surface area contributed by atoms with E-state index >= 15 is 0 Å². The van der Waals surface area contributed by atoms with Gasteiger partial charge in [-0.1, -0.05) is 127 Å². The Balaban J connectivity index is 1.11. The van der Waals surface area contributed by atoms with Crippen LogP contribution in [0.2, 0.25) is 0 Å². The summed E-state index contributed by atoms with van der Waals surface area (Å²) < 4.78 is 2.45. The van der Waals surface area contributed by atoms with Crippen molar-refractivity contribution in [2.24, 2.45) is 0 Å². The zero-order chi connectivity index (χ0) is 35.0. The zero-order valence-electron chi connectivity index (χ0n) is 29.4. The second-order valence-corrected chi connectivity index (χ2v) is 13.5. The highest BCUT2D eigenvalue weighted by Gasteiger charge is 2.18. The number of anilines is 3. The van der Waals surface area contributed by atoms with E-state index in [1.807, 2.05) is 0 Å². The average Bonchev–Trinajstić information content (AvgIpc) is 3.53. The quantitative estimate of drug-likeness (QED) is 0.164. The predicted molar refractivity (Wildman–Crippen MR) is 221 cm³/mol. The highest BCUT2D eigenvalue weighted by molar-refractivity contribution is 6.11. The molecule has 0 fully saturated rings. The van der Waals surface area contributed by atoms with Crippen LogP contribution in [0.25, 0.3) is 60.9 Å². The van der Waals surface area contributed by atoms with Crippen molar-refractivity contribution in [2.75, 3.05) is 4.90 Å². The number of aromatic nitrogens is 1. The summed E-state index contributed by atoms with van der Waals surface area (Å²) in [7, 11) is 0. The third kappa shape index (κ3) is 5.55. The summed E-state index contributed by atoms with van der Waals surface area (Å²) in [4.78, 5) is 2.30. The van der Waals surface area contributed by atoms with Gasteiger partial charge in [-0.3, -0.25) is 0 Å². The lowest BCUT2D eigenvalue weighted by atomic mass is 9.94. The second-order valence-electron chi connectivity index (χ2n) is 13.5. The van der Waals surface area contributed by atoms with Crippen molar-refractivity contribution >= 4 is 38.9 Å². The Labute approximate surface area is 305 Å². The van der Waals surface area contributed by atoms with Gasteiger partial charge in [-0.25, -0.2) is 0 Å². The largest absolute Gasteiger partial charge is 0.311 e. The van der Waals surface area contributed by atoms with Crippen LogP contribution in [0, 0.1) is 13.8 Å². The van der Waals surface area contributed by atoms with Crippen molar-refractivity contribution in [3.63, 3.8) is 0 Å². The van der Waals surface area contributed by atoms with Crippen LogP contribution in [-0.2, 0) is 0 Å². The predicted octanol–water partition coefficient (Wildman–Crippen LogP) is 13.9. The first-order valence-corrected chi connectivity index (χ1v) is 17.9. The molecule has 8 aromatic carbocycles. The number of hydrogen-bond acceptors (Lipinski definition) is 1. The Hall–Kier alpha value is -6.64. The van der Waals surface area contributed by atoms with Gasteiger partial charge in [-0.15, -0.1) is 0 Å². The van der Waals surface area contributed by atoms with Crippen LogP contribution in [0.5, 0.6) is 0 Å². The fraction of sp³-hybridized carbons (Fsp3) is 0.0400. The van der Waals surface area contributed by atoms with E-state index in [0.29, 0.717) is 0 Å². The van der Waals surface area contributed by atoms with Gasteiger partial charge in [0, 0.05) is 33.4 Å². The standard InChI is InChI=1S/C50H38N2/c1-35-15-9-10-23-44(35)50-36(2)16-13-26-49(50)52-47-25-12-11-24-45(47)46-34-40(29-32-48(46)52)39-18-14-17-38(33-39)37-27-30-43(31-28-37)51(41-19-5-3-6-20-41)42-21-7-4-8-22-42/h3-34H,1-2H3. The molecule has 2 heteroatoms. The lowest BCUT2D eigenvalue weighted by Gasteiger charge is -2.25. The molecule has 0 bridgehead atoms. The molecule has 0 aliphatic heterocycles. The third-order valence-electron chi connectivity index (χ3n) is 10.3. The highest BCUT2D eigenvalue weighted by atomic mass is 15.1. The minimum atomic E-state index is 1.12. The summed E-state index contributed by atoms with van der Waals surface area (Å²) in [6.07, 6.45) is 0. The molecule has 2 nitrogen and oxygen atoms in total. The van der Waals surface area contributed by atoms with Crippen molar-refractivity contribution in [1.82, 2.24) is 4.57 Å². The summed E-state index contributed by atoms with van der Waals surface area (Å²) in [5.41, 5.74) is 16.9. The van der Waals surface area contributed by atoms with Crippen LogP contribution in [0.3, 0.4) is 0 Å². The number of benzene rings is 8. The minimum absolute atomic E-state index is 1.12. The molecule has 0 unspecified atom stereocenters.